The fourth-order valence-electron chi connectivity index (χ4n) is 2.83. The molecule has 0 fully saturated rings. The van der Waals surface area contributed by atoms with Crippen molar-refractivity contribution in [2.75, 3.05) is 0 Å². The highest BCUT2D eigenvalue weighted by Crippen LogP contribution is 2.47. The molecule has 0 spiro atoms. The fraction of sp³-hybridized carbons (Fsp3) is 0.182. The van der Waals surface area contributed by atoms with Gasteiger partial charge in [0, 0.05) is 11.6 Å². The van der Waals surface area contributed by atoms with Crippen LogP contribution in [-0.4, -0.2) is 18.7 Å². The molecule has 0 amide bonds. The van der Waals surface area contributed by atoms with Crippen molar-refractivity contribution in [3.63, 3.8) is 0 Å². The molecule has 0 aromatic heterocycles. The first-order valence-electron chi connectivity index (χ1n) is 9.08. The SMILES string of the molecule is FC(F)C(F)(F)Oc1cccc(Oc2cccc(-c3ccccc3C(F)(F)C(F)(F)F)c2)c1. The number of benzene rings is 3. The summed E-state index contributed by atoms with van der Waals surface area (Å²) in [5, 5.41) is 0. The van der Waals surface area contributed by atoms with Crippen LogP contribution in [-0.2, 0) is 5.92 Å². The second-order valence-corrected chi connectivity index (χ2v) is 6.69. The zero-order chi connectivity index (χ0) is 24.4. The third-order valence-electron chi connectivity index (χ3n) is 4.32. The largest absolute Gasteiger partial charge is 0.461 e. The molecule has 0 N–H and O–H groups in total. The van der Waals surface area contributed by atoms with Gasteiger partial charge in [-0.1, -0.05) is 42.5 Å². The number of ether oxygens (including phenoxy) is 2. The molecule has 0 unspecified atom stereocenters. The minimum Gasteiger partial charge on any atom is -0.457 e. The summed E-state index contributed by atoms with van der Waals surface area (Å²) >= 11 is 0. The molecule has 0 heterocycles. The molecule has 3 rings (SSSR count). The van der Waals surface area contributed by atoms with Gasteiger partial charge in [0.2, 0.25) is 0 Å². The van der Waals surface area contributed by atoms with Crippen LogP contribution in [0.5, 0.6) is 17.2 Å². The molecule has 176 valence electrons. The Morgan fingerprint density at radius 1 is 0.636 bits per heavy atom. The van der Waals surface area contributed by atoms with E-state index in [9.17, 15) is 39.5 Å². The van der Waals surface area contributed by atoms with Crippen LogP contribution in [0.15, 0.2) is 72.8 Å². The normalized spacial score (nSPS) is 12.7. The summed E-state index contributed by atoms with van der Waals surface area (Å²) in [6, 6.07) is 13.4. The van der Waals surface area contributed by atoms with Gasteiger partial charge in [0.05, 0.1) is 0 Å². The van der Waals surface area contributed by atoms with Crippen molar-refractivity contribution in [2.24, 2.45) is 0 Å². The Balaban J connectivity index is 1.91. The summed E-state index contributed by atoms with van der Waals surface area (Å²) in [6.45, 7) is 0. The van der Waals surface area contributed by atoms with Gasteiger partial charge in [-0.05, 0) is 35.4 Å². The summed E-state index contributed by atoms with van der Waals surface area (Å²) in [7, 11) is 0. The molecule has 0 aliphatic carbocycles. The number of hydrogen-bond donors (Lipinski definition) is 0. The van der Waals surface area contributed by atoms with E-state index in [2.05, 4.69) is 4.74 Å². The maximum atomic E-state index is 14.0. The third kappa shape index (κ3) is 5.35. The molecular weight excluding hydrogens is 467 g/mol. The van der Waals surface area contributed by atoms with Crippen molar-refractivity contribution in [3.05, 3.63) is 78.4 Å². The summed E-state index contributed by atoms with van der Waals surface area (Å²) in [4.78, 5) is 0. The highest BCUT2D eigenvalue weighted by Gasteiger charge is 2.59. The van der Waals surface area contributed by atoms with Gasteiger partial charge in [-0.25, -0.2) is 0 Å². The van der Waals surface area contributed by atoms with Gasteiger partial charge in [0.15, 0.2) is 0 Å². The third-order valence-corrected chi connectivity index (χ3v) is 4.32. The van der Waals surface area contributed by atoms with Crippen LogP contribution in [0.1, 0.15) is 5.56 Å². The van der Waals surface area contributed by atoms with Gasteiger partial charge >= 0.3 is 24.6 Å². The Kier molecular flexibility index (Phi) is 6.53. The van der Waals surface area contributed by atoms with E-state index in [1.807, 2.05) is 0 Å². The lowest BCUT2D eigenvalue weighted by Crippen LogP contribution is -2.34. The minimum atomic E-state index is -5.82. The lowest BCUT2D eigenvalue weighted by Gasteiger charge is -2.22. The van der Waals surface area contributed by atoms with Crippen molar-refractivity contribution in [2.45, 2.75) is 24.6 Å². The first-order valence-corrected chi connectivity index (χ1v) is 9.08. The lowest BCUT2D eigenvalue weighted by atomic mass is 9.95. The van der Waals surface area contributed by atoms with Gasteiger partial charge in [-0.15, -0.1) is 0 Å². The second-order valence-electron chi connectivity index (χ2n) is 6.69. The first kappa shape index (κ1) is 24.3. The van der Waals surface area contributed by atoms with Crippen LogP contribution < -0.4 is 9.47 Å². The van der Waals surface area contributed by atoms with Gasteiger partial charge < -0.3 is 9.47 Å². The summed E-state index contributed by atoms with van der Waals surface area (Å²) in [5.74, 6) is -5.94. The van der Waals surface area contributed by atoms with Gasteiger partial charge in [0.25, 0.3) is 0 Å². The van der Waals surface area contributed by atoms with Gasteiger partial charge in [0.1, 0.15) is 17.2 Å². The zero-order valence-corrected chi connectivity index (χ0v) is 16.2. The maximum Gasteiger partial charge on any atom is 0.461 e. The fourth-order valence-corrected chi connectivity index (χ4v) is 2.83. The first-order chi connectivity index (χ1) is 15.3. The predicted molar refractivity (Wildman–Crippen MR) is 99.9 cm³/mol. The van der Waals surface area contributed by atoms with Gasteiger partial charge in [-0.3, -0.25) is 0 Å². The monoisotopic (exact) mass is 480 g/mol. The van der Waals surface area contributed by atoms with Crippen LogP contribution in [0.4, 0.5) is 39.5 Å². The molecule has 0 aliphatic heterocycles. The number of hydrogen-bond acceptors (Lipinski definition) is 2. The topological polar surface area (TPSA) is 18.5 Å². The van der Waals surface area contributed by atoms with E-state index in [4.69, 9.17) is 4.74 Å². The molecular formula is C22H13F9O2. The van der Waals surface area contributed by atoms with Crippen LogP contribution in [0.2, 0.25) is 0 Å². The molecule has 3 aromatic carbocycles. The summed E-state index contributed by atoms with van der Waals surface area (Å²) in [6.07, 6.45) is -14.6. The van der Waals surface area contributed by atoms with Crippen molar-refractivity contribution in [3.8, 4) is 28.4 Å². The Hall–Kier alpha value is -3.37. The maximum absolute atomic E-state index is 14.0. The molecule has 11 heteroatoms. The molecule has 0 bridgehead atoms. The van der Waals surface area contributed by atoms with E-state index in [-0.39, 0.29) is 17.1 Å². The van der Waals surface area contributed by atoms with E-state index < -0.39 is 41.5 Å². The Labute approximate surface area is 181 Å². The molecule has 3 aromatic rings. The van der Waals surface area contributed by atoms with Crippen LogP contribution >= 0.6 is 0 Å². The number of alkyl halides is 9. The smallest absolute Gasteiger partial charge is 0.457 e. The molecule has 33 heavy (non-hydrogen) atoms. The molecule has 0 atom stereocenters. The van der Waals surface area contributed by atoms with E-state index in [0.717, 1.165) is 30.3 Å². The average Bonchev–Trinajstić information content (AvgIpc) is 2.73. The van der Waals surface area contributed by atoms with Crippen molar-refractivity contribution in [1.29, 1.82) is 0 Å². The van der Waals surface area contributed by atoms with E-state index in [1.165, 1.54) is 36.4 Å². The quantitative estimate of drug-likeness (QED) is 0.319. The van der Waals surface area contributed by atoms with Crippen molar-refractivity contribution >= 4 is 0 Å². The second kappa shape index (κ2) is 8.87. The molecule has 0 saturated carbocycles. The van der Waals surface area contributed by atoms with E-state index in [1.54, 1.807) is 0 Å². The highest BCUT2D eigenvalue weighted by molar-refractivity contribution is 5.70. The average molecular weight is 480 g/mol. The molecule has 0 radical (unpaired) electrons. The minimum absolute atomic E-state index is 0.0383. The summed E-state index contributed by atoms with van der Waals surface area (Å²) in [5.41, 5.74) is -1.71. The molecule has 2 nitrogen and oxygen atoms in total. The Bertz CT molecular complexity index is 1110. The van der Waals surface area contributed by atoms with Crippen LogP contribution in [0, 0.1) is 0 Å². The van der Waals surface area contributed by atoms with Crippen LogP contribution in [0.25, 0.3) is 11.1 Å². The highest BCUT2D eigenvalue weighted by atomic mass is 19.4. The van der Waals surface area contributed by atoms with Gasteiger partial charge in [-0.2, -0.15) is 39.5 Å². The van der Waals surface area contributed by atoms with Crippen molar-refractivity contribution < 1.29 is 49.0 Å². The predicted octanol–water partition coefficient (Wildman–Crippen LogP) is 8.04. The molecule has 0 aliphatic rings. The van der Waals surface area contributed by atoms with Crippen molar-refractivity contribution in [1.82, 2.24) is 0 Å². The summed E-state index contributed by atoms with van der Waals surface area (Å²) < 4.78 is 127. The Morgan fingerprint density at radius 2 is 1.21 bits per heavy atom. The van der Waals surface area contributed by atoms with E-state index >= 15 is 0 Å². The standard InChI is InChI=1S/C22H13F9O2/c23-19(24)21(27,28)33-16-8-4-7-15(12-16)32-14-6-3-5-13(11-14)17-9-1-2-10-18(17)20(25,26)22(29,30)31/h1-12,19H. The number of rotatable bonds is 7. The van der Waals surface area contributed by atoms with E-state index in [0.29, 0.717) is 6.07 Å². The zero-order valence-electron chi connectivity index (χ0n) is 16.2. The molecule has 0 saturated heterocycles. The van der Waals surface area contributed by atoms with Crippen LogP contribution in [0.3, 0.4) is 0 Å². The number of halogens is 9. The lowest BCUT2D eigenvalue weighted by molar-refractivity contribution is -0.289. The Morgan fingerprint density at radius 3 is 1.85 bits per heavy atom.